The molecule has 11 nitrogen and oxygen atoms in total. The first-order chi connectivity index (χ1) is 16.5. The first-order valence-electron chi connectivity index (χ1n) is 10.8. The van der Waals surface area contributed by atoms with E-state index < -0.39 is 5.91 Å². The van der Waals surface area contributed by atoms with Crippen molar-refractivity contribution in [3.63, 3.8) is 0 Å². The number of benzene rings is 1. The van der Waals surface area contributed by atoms with E-state index in [1.165, 1.54) is 7.05 Å². The van der Waals surface area contributed by atoms with E-state index >= 15 is 0 Å². The van der Waals surface area contributed by atoms with E-state index in [9.17, 15) is 9.59 Å². The van der Waals surface area contributed by atoms with Crippen LogP contribution in [0.4, 0.5) is 17.2 Å². The van der Waals surface area contributed by atoms with Crippen molar-refractivity contribution >= 4 is 34.7 Å². The molecule has 5 rings (SSSR count). The minimum Gasteiger partial charge on any atom is -0.494 e. The fraction of sp³-hybridized carbons (Fsp3) is 0.261. The molecule has 2 amide bonds. The van der Waals surface area contributed by atoms with Crippen LogP contribution in [0, 0.1) is 5.92 Å². The van der Waals surface area contributed by atoms with Crippen molar-refractivity contribution in [2.45, 2.75) is 12.8 Å². The Morgan fingerprint density at radius 1 is 1.12 bits per heavy atom. The molecule has 0 aliphatic heterocycles. The zero-order chi connectivity index (χ0) is 23.8. The molecule has 3 N–H and O–H groups in total. The molecule has 0 spiro atoms. The maximum atomic E-state index is 12.4. The lowest BCUT2D eigenvalue weighted by atomic mass is 10.1. The normalized spacial score (nSPS) is 13.0. The highest BCUT2D eigenvalue weighted by molar-refractivity contribution is 6.00. The molecule has 4 aromatic rings. The number of fused-ring (bicyclic) bond motifs is 1. The van der Waals surface area contributed by atoms with Gasteiger partial charge in [-0.3, -0.25) is 9.59 Å². The summed E-state index contributed by atoms with van der Waals surface area (Å²) in [6, 6.07) is 9.17. The average Bonchev–Trinajstić information content (AvgIpc) is 3.52. The van der Waals surface area contributed by atoms with E-state index in [0.29, 0.717) is 17.1 Å². The number of carbonyl (C=O) groups is 2. The van der Waals surface area contributed by atoms with Crippen molar-refractivity contribution in [2.24, 2.45) is 13.0 Å². The van der Waals surface area contributed by atoms with Crippen molar-refractivity contribution < 1.29 is 14.3 Å². The number of aromatic nitrogens is 5. The standard InChI is InChI=1S/C23H24N8O3/c1-24-23(33)20-17(11-18(27-28-20)26-22(32)13-7-8-13)25-15-6-4-5-14(21(15)34-3)16-12-19-30(2)9-10-31(19)29-16/h4-6,9-13H,7-8H2,1-3H3,(H,24,33)(H2,25,26,27,32). The number of nitrogens with one attached hydrogen (secondary N) is 3. The molecule has 3 aromatic heterocycles. The van der Waals surface area contributed by atoms with E-state index in [1.807, 2.05) is 48.3 Å². The molecule has 0 unspecified atom stereocenters. The molecule has 0 radical (unpaired) electrons. The third kappa shape index (κ3) is 3.91. The van der Waals surface area contributed by atoms with Crippen LogP contribution >= 0.6 is 0 Å². The Balaban J connectivity index is 1.53. The lowest BCUT2D eigenvalue weighted by molar-refractivity contribution is -0.117. The van der Waals surface area contributed by atoms with Gasteiger partial charge in [0.1, 0.15) is 5.65 Å². The molecule has 1 fully saturated rings. The third-order valence-corrected chi connectivity index (χ3v) is 5.71. The van der Waals surface area contributed by atoms with Crippen LogP contribution in [0.1, 0.15) is 23.3 Å². The van der Waals surface area contributed by atoms with Crippen LogP contribution < -0.4 is 20.7 Å². The highest BCUT2D eigenvalue weighted by Gasteiger charge is 2.30. The number of hydrogen-bond acceptors (Lipinski definition) is 7. The van der Waals surface area contributed by atoms with Crippen molar-refractivity contribution in [2.75, 3.05) is 24.8 Å². The van der Waals surface area contributed by atoms with Crippen LogP contribution in [0.15, 0.2) is 42.7 Å². The summed E-state index contributed by atoms with van der Waals surface area (Å²) in [5.41, 5.74) is 3.53. The maximum Gasteiger partial charge on any atom is 0.273 e. The van der Waals surface area contributed by atoms with E-state index in [0.717, 1.165) is 29.7 Å². The Bertz CT molecular complexity index is 1400. The zero-order valence-corrected chi connectivity index (χ0v) is 19.0. The molecule has 1 aliphatic rings. The summed E-state index contributed by atoms with van der Waals surface area (Å²) in [6.07, 6.45) is 5.54. The number of rotatable bonds is 7. The Morgan fingerprint density at radius 2 is 1.94 bits per heavy atom. The van der Waals surface area contributed by atoms with Gasteiger partial charge in [0.25, 0.3) is 5.91 Å². The second-order valence-corrected chi connectivity index (χ2v) is 8.09. The summed E-state index contributed by atoms with van der Waals surface area (Å²) in [6.45, 7) is 0. The second-order valence-electron chi connectivity index (χ2n) is 8.09. The van der Waals surface area contributed by atoms with Crippen LogP contribution in [0.3, 0.4) is 0 Å². The summed E-state index contributed by atoms with van der Waals surface area (Å²) in [5.74, 6) is 0.320. The van der Waals surface area contributed by atoms with Gasteiger partial charge in [-0.25, -0.2) is 4.52 Å². The number of imidazole rings is 1. The summed E-state index contributed by atoms with van der Waals surface area (Å²) in [5, 5.41) is 21.3. The third-order valence-electron chi connectivity index (χ3n) is 5.71. The number of aryl methyl sites for hydroxylation is 1. The van der Waals surface area contributed by atoms with E-state index in [1.54, 1.807) is 17.7 Å². The summed E-state index contributed by atoms with van der Waals surface area (Å²) >= 11 is 0. The number of anilines is 3. The van der Waals surface area contributed by atoms with E-state index in [-0.39, 0.29) is 23.3 Å². The van der Waals surface area contributed by atoms with Crippen LogP contribution in [-0.2, 0) is 11.8 Å². The minimum absolute atomic E-state index is 0.0130. The lowest BCUT2D eigenvalue weighted by Gasteiger charge is -2.16. The Labute approximate surface area is 195 Å². The number of nitrogens with zero attached hydrogens (tertiary/aromatic N) is 5. The Morgan fingerprint density at radius 3 is 2.65 bits per heavy atom. The molecule has 3 heterocycles. The fourth-order valence-electron chi connectivity index (χ4n) is 3.74. The van der Waals surface area contributed by atoms with Crippen LogP contribution in [-0.4, -0.2) is 50.4 Å². The molecule has 34 heavy (non-hydrogen) atoms. The summed E-state index contributed by atoms with van der Waals surface area (Å²) in [7, 11) is 5.04. The largest absolute Gasteiger partial charge is 0.494 e. The van der Waals surface area contributed by atoms with Gasteiger partial charge in [0.05, 0.1) is 24.2 Å². The minimum atomic E-state index is -0.412. The summed E-state index contributed by atoms with van der Waals surface area (Å²) < 4.78 is 9.51. The maximum absolute atomic E-state index is 12.4. The number of para-hydroxylation sites is 1. The molecule has 0 atom stereocenters. The van der Waals surface area contributed by atoms with E-state index in [2.05, 4.69) is 31.2 Å². The van der Waals surface area contributed by atoms with Crippen LogP contribution in [0.2, 0.25) is 0 Å². The van der Waals surface area contributed by atoms with E-state index in [4.69, 9.17) is 4.74 Å². The van der Waals surface area contributed by atoms with Crippen molar-refractivity contribution in [1.82, 2.24) is 29.7 Å². The van der Waals surface area contributed by atoms with Crippen LogP contribution in [0.5, 0.6) is 5.75 Å². The van der Waals surface area contributed by atoms with Gasteiger partial charge in [0.2, 0.25) is 5.91 Å². The zero-order valence-electron chi connectivity index (χ0n) is 19.0. The second kappa shape index (κ2) is 8.50. The van der Waals surface area contributed by atoms with Gasteiger partial charge < -0.3 is 25.3 Å². The molecular weight excluding hydrogens is 436 g/mol. The number of methoxy groups -OCH3 is 1. The predicted octanol–water partition coefficient (Wildman–Crippen LogP) is 2.59. The molecule has 1 aliphatic carbocycles. The number of hydrogen-bond donors (Lipinski definition) is 3. The van der Waals surface area contributed by atoms with Gasteiger partial charge in [-0.15, -0.1) is 10.2 Å². The average molecular weight is 460 g/mol. The highest BCUT2D eigenvalue weighted by atomic mass is 16.5. The van der Waals surface area contributed by atoms with Gasteiger partial charge in [-0.2, -0.15) is 5.10 Å². The highest BCUT2D eigenvalue weighted by Crippen LogP contribution is 2.38. The molecule has 0 saturated heterocycles. The topological polar surface area (TPSA) is 127 Å². The Hall–Kier alpha value is -4.41. The monoisotopic (exact) mass is 460 g/mol. The van der Waals surface area contributed by atoms with Crippen molar-refractivity contribution in [1.29, 1.82) is 0 Å². The predicted molar refractivity (Wildman–Crippen MR) is 126 cm³/mol. The summed E-state index contributed by atoms with van der Waals surface area (Å²) in [4.78, 5) is 24.6. The molecule has 0 bridgehead atoms. The van der Waals surface area contributed by atoms with Gasteiger partial charge in [0, 0.05) is 50.1 Å². The number of ether oxygens (including phenoxy) is 1. The quantitative estimate of drug-likeness (QED) is 0.387. The van der Waals surface area contributed by atoms with Crippen molar-refractivity contribution in [3.8, 4) is 17.0 Å². The van der Waals surface area contributed by atoms with Gasteiger partial charge in [-0.1, -0.05) is 6.07 Å². The molecular formula is C23H24N8O3. The number of carbonyl (C=O) groups excluding carboxylic acids is 2. The number of amides is 2. The Kier molecular flexibility index (Phi) is 5.36. The molecule has 11 heteroatoms. The first-order valence-corrected chi connectivity index (χ1v) is 10.8. The molecule has 174 valence electrons. The fourth-order valence-corrected chi connectivity index (χ4v) is 3.74. The van der Waals surface area contributed by atoms with Crippen LogP contribution in [0.25, 0.3) is 16.9 Å². The smallest absolute Gasteiger partial charge is 0.273 e. The van der Waals surface area contributed by atoms with Crippen molar-refractivity contribution in [3.05, 3.63) is 48.4 Å². The molecule has 1 saturated carbocycles. The SMILES string of the molecule is CNC(=O)c1nnc(NC(=O)C2CC2)cc1Nc1cccc(-c2cc3n(C)ccn3n2)c1OC. The van der Waals surface area contributed by atoms with Gasteiger partial charge >= 0.3 is 0 Å². The van der Waals surface area contributed by atoms with Gasteiger partial charge in [-0.05, 0) is 25.0 Å². The lowest BCUT2D eigenvalue weighted by Crippen LogP contribution is -2.22. The molecule has 1 aromatic carbocycles. The van der Waals surface area contributed by atoms with Gasteiger partial charge in [0.15, 0.2) is 17.3 Å². The first kappa shape index (κ1) is 21.4.